The van der Waals surface area contributed by atoms with Crippen LogP contribution in [0.25, 0.3) is 11.6 Å². The van der Waals surface area contributed by atoms with Gasteiger partial charge >= 0.3 is 0 Å². The summed E-state index contributed by atoms with van der Waals surface area (Å²) in [5, 5.41) is 8.02. The molecule has 4 rings (SSSR count). The average molecular weight is 334 g/mol. The van der Waals surface area contributed by atoms with E-state index in [9.17, 15) is 0 Å². The van der Waals surface area contributed by atoms with Crippen LogP contribution in [0.1, 0.15) is 30.7 Å². The summed E-state index contributed by atoms with van der Waals surface area (Å²) in [6.07, 6.45) is 2.70. The van der Waals surface area contributed by atoms with E-state index in [1.54, 1.807) is 12.1 Å². The molecule has 25 heavy (non-hydrogen) atoms. The van der Waals surface area contributed by atoms with Gasteiger partial charge in [-0.05, 0) is 50.2 Å². The normalized spacial score (nSPS) is 13.8. The first-order valence-corrected chi connectivity index (χ1v) is 7.77. The van der Waals surface area contributed by atoms with Crippen molar-refractivity contribution in [3.05, 3.63) is 84.6 Å². The fourth-order valence-electron chi connectivity index (χ4n) is 2.57. The zero-order valence-electron chi connectivity index (χ0n) is 17.8. The van der Waals surface area contributed by atoms with Gasteiger partial charge in [-0.2, -0.15) is 10.2 Å². The van der Waals surface area contributed by atoms with E-state index in [-0.39, 0.29) is 24.4 Å². The van der Waals surface area contributed by atoms with Gasteiger partial charge in [-0.25, -0.2) is 19.3 Å². The van der Waals surface area contributed by atoms with Crippen LogP contribution in [-0.4, -0.2) is 29.5 Å². The van der Waals surface area contributed by atoms with Crippen LogP contribution in [0.3, 0.4) is 0 Å². The Labute approximate surface area is 151 Å². The molecule has 4 aromatic rings. The third kappa shape index (κ3) is 2.82. The largest absolute Gasteiger partial charge is 0.233 e. The van der Waals surface area contributed by atoms with Crippen LogP contribution >= 0.6 is 0 Å². The molecule has 0 aliphatic rings. The molecule has 0 aliphatic carbocycles. The Bertz CT molecular complexity index is 1070. The molecule has 4 heterocycles. The summed E-state index contributed by atoms with van der Waals surface area (Å²) in [4.78, 5) is 9.36. The predicted octanol–water partition coefficient (Wildman–Crippen LogP) is 3.17. The summed E-state index contributed by atoms with van der Waals surface area (Å²) < 4.78 is 33.5. The summed E-state index contributed by atoms with van der Waals surface area (Å²) in [5.74, 6) is 1.03. The van der Waals surface area contributed by atoms with E-state index in [2.05, 4.69) is 20.2 Å². The quantitative estimate of drug-likeness (QED) is 0.575. The van der Waals surface area contributed by atoms with Crippen molar-refractivity contribution in [2.45, 2.75) is 19.3 Å². The van der Waals surface area contributed by atoms with Crippen molar-refractivity contribution < 1.29 is 5.48 Å². The Morgan fingerprint density at radius 1 is 0.800 bits per heavy atom. The van der Waals surface area contributed by atoms with Gasteiger partial charge in [0.25, 0.3) is 0 Å². The van der Waals surface area contributed by atoms with Gasteiger partial charge in [0.1, 0.15) is 0 Å². The van der Waals surface area contributed by atoms with Gasteiger partial charge in [0.05, 0.1) is 16.9 Å². The average Bonchev–Trinajstić information content (AvgIpc) is 3.23. The number of hydrogen-bond acceptors (Lipinski definition) is 4. The summed E-state index contributed by atoms with van der Waals surface area (Å²) in [6.45, 7) is 3.99. The molecule has 0 saturated heterocycles. The van der Waals surface area contributed by atoms with Crippen molar-refractivity contribution in [3.8, 4) is 11.6 Å². The van der Waals surface area contributed by atoms with E-state index in [1.807, 2.05) is 38.1 Å². The second-order valence-electron chi connectivity index (χ2n) is 6.05. The lowest BCUT2D eigenvalue weighted by molar-refractivity contribution is 0.588. The summed E-state index contributed by atoms with van der Waals surface area (Å²) in [6, 6.07) is 11.1. The topological polar surface area (TPSA) is 61.4 Å². The maximum Gasteiger partial charge on any atom is 0.153 e. The first-order valence-electron chi connectivity index (χ1n) is 9.77. The van der Waals surface area contributed by atoms with E-state index in [4.69, 9.17) is 5.48 Å². The smallest absolute Gasteiger partial charge is 0.153 e. The van der Waals surface area contributed by atoms with Crippen molar-refractivity contribution in [3.63, 3.8) is 0 Å². The zero-order chi connectivity index (χ0) is 20.8. The van der Waals surface area contributed by atoms with Crippen LogP contribution in [0, 0.1) is 0 Å². The van der Waals surface area contributed by atoms with Gasteiger partial charge in [-0.3, -0.25) is 0 Å². The van der Waals surface area contributed by atoms with Crippen LogP contribution < -0.4 is 0 Å². The van der Waals surface area contributed by atoms with Crippen LogP contribution in [0.5, 0.6) is 0 Å². The zero-order valence-corrected chi connectivity index (χ0v) is 13.8. The molecule has 6 heteroatoms. The molecule has 6 nitrogen and oxygen atoms in total. The van der Waals surface area contributed by atoms with Gasteiger partial charge in [-0.1, -0.05) is 12.1 Å². The van der Waals surface area contributed by atoms with Crippen LogP contribution in [0.15, 0.2) is 73.2 Å². The number of nitrogens with zero attached hydrogens (tertiary/aromatic N) is 6. The Balaban J connectivity index is 1.73. The van der Waals surface area contributed by atoms with Crippen molar-refractivity contribution >= 4 is 0 Å². The molecule has 0 aromatic carbocycles. The van der Waals surface area contributed by atoms with E-state index >= 15 is 0 Å². The number of hydrogen-bond donors (Lipinski definition) is 0. The summed E-state index contributed by atoms with van der Waals surface area (Å²) in [7, 11) is 0. The Morgan fingerprint density at radius 3 is 1.68 bits per heavy atom. The highest BCUT2D eigenvalue weighted by molar-refractivity contribution is 5.35. The molecule has 0 unspecified atom stereocenters. The molecule has 0 aliphatic heterocycles. The standard InChI is InChI=1S/C19H18N6/c1-19(2,15-7-3-9-17(22-15)24-13-5-11-20-24)16-8-4-10-18(23-16)25-14-6-12-21-25/h3-14H,1-2H3/i5D,6D,11D,12D. The monoisotopic (exact) mass is 334 g/mol. The fourth-order valence-corrected chi connectivity index (χ4v) is 2.57. The molecule has 4 aromatic heterocycles. The first kappa shape index (κ1) is 11.3. The molecule has 0 atom stereocenters. The van der Waals surface area contributed by atoms with E-state index in [0.29, 0.717) is 11.6 Å². The van der Waals surface area contributed by atoms with Crippen molar-refractivity contribution in [2.24, 2.45) is 0 Å². The highest BCUT2D eigenvalue weighted by atomic mass is 15.3. The molecule has 0 bridgehead atoms. The van der Waals surface area contributed by atoms with Gasteiger partial charge in [0.2, 0.25) is 0 Å². The van der Waals surface area contributed by atoms with Gasteiger partial charge in [0, 0.05) is 30.2 Å². The lowest BCUT2D eigenvalue weighted by atomic mass is 9.84. The third-order valence-corrected chi connectivity index (χ3v) is 4.04. The molecular formula is C19H18N6. The van der Waals surface area contributed by atoms with E-state index in [1.165, 1.54) is 21.8 Å². The summed E-state index contributed by atoms with van der Waals surface area (Å²) >= 11 is 0. The minimum atomic E-state index is -0.562. The molecule has 0 saturated carbocycles. The Morgan fingerprint density at radius 2 is 1.28 bits per heavy atom. The maximum absolute atomic E-state index is 7.68. The Kier molecular flexibility index (Phi) is 2.70. The number of rotatable bonds is 4. The van der Waals surface area contributed by atoms with Crippen LogP contribution in [0.2, 0.25) is 0 Å². The number of aromatic nitrogens is 6. The van der Waals surface area contributed by atoms with Crippen molar-refractivity contribution in [1.29, 1.82) is 0 Å². The second kappa shape index (κ2) is 5.98. The Hall–Kier alpha value is -3.28. The van der Waals surface area contributed by atoms with E-state index < -0.39 is 5.41 Å². The van der Waals surface area contributed by atoms with Gasteiger partial charge < -0.3 is 0 Å². The molecule has 0 spiro atoms. The van der Waals surface area contributed by atoms with Crippen LogP contribution in [0.4, 0.5) is 0 Å². The molecule has 124 valence electrons. The summed E-state index contributed by atoms with van der Waals surface area (Å²) in [5.41, 5.74) is 0.931. The SMILES string of the molecule is [2H]c1cn(-c2cccc(C(C)(C)c3cccc(-n4cc([2H])c([2H])n4)n3)n2)nc1[2H]. The highest BCUT2D eigenvalue weighted by Gasteiger charge is 2.27. The van der Waals surface area contributed by atoms with Gasteiger partial charge in [0.15, 0.2) is 11.6 Å². The lowest BCUT2D eigenvalue weighted by Gasteiger charge is -2.24. The minimum absolute atomic E-state index is 0.0348. The first-order chi connectivity index (χ1) is 13.8. The minimum Gasteiger partial charge on any atom is -0.233 e. The third-order valence-electron chi connectivity index (χ3n) is 4.04. The predicted molar refractivity (Wildman–Crippen MR) is 94.8 cm³/mol. The fraction of sp³-hybridized carbons (Fsp3) is 0.158. The van der Waals surface area contributed by atoms with Crippen molar-refractivity contribution in [1.82, 2.24) is 29.5 Å². The maximum atomic E-state index is 7.68. The second-order valence-corrected chi connectivity index (χ2v) is 6.05. The number of pyridine rings is 2. The lowest BCUT2D eigenvalue weighted by Crippen LogP contribution is -2.23. The molecule has 0 amide bonds. The van der Waals surface area contributed by atoms with Crippen LogP contribution in [-0.2, 0) is 5.41 Å². The highest BCUT2D eigenvalue weighted by Crippen LogP contribution is 2.29. The van der Waals surface area contributed by atoms with E-state index in [0.717, 1.165) is 11.4 Å². The molecule has 0 N–H and O–H groups in total. The van der Waals surface area contributed by atoms with Crippen molar-refractivity contribution in [2.75, 3.05) is 0 Å². The molecule has 0 radical (unpaired) electrons. The van der Waals surface area contributed by atoms with Gasteiger partial charge in [-0.15, -0.1) is 0 Å². The molecular weight excluding hydrogens is 312 g/mol. The molecule has 0 fully saturated rings.